The Morgan fingerprint density at radius 2 is 1.68 bits per heavy atom. The van der Waals surface area contributed by atoms with Gasteiger partial charge < -0.3 is 11.2 Å². The third kappa shape index (κ3) is 3.78. The lowest BCUT2D eigenvalue weighted by Crippen LogP contribution is -2.14. The summed E-state index contributed by atoms with van der Waals surface area (Å²) in [6.45, 7) is 0. The summed E-state index contributed by atoms with van der Waals surface area (Å²) in [5.41, 5.74) is 5.97. The van der Waals surface area contributed by atoms with Crippen molar-refractivity contribution in [2.24, 2.45) is 0 Å². The van der Waals surface area contributed by atoms with Gasteiger partial charge in [0.25, 0.3) is 10.0 Å². The molecule has 0 spiro atoms. The van der Waals surface area contributed by atoms with E-state index in [1.807, 2.05) is 0 Å². The molecule has 0 saturated carbocycles. The van der Waals surface area contributed by atoms with Gasteiger partial charge in [0.1, 0.15) is 0 Å². The Labute approximate surface area is 114 Å². The van der Waals surface area contributed by atoms with Crippen LogP contribution in [0, 0.1) is 0 Å². The number of hydrogen-bond donors (Lipinski definition) is 2. The Bertz CT molecular complexity index is 643. The highest BCUT2D eigenvalue weighted by molar-refractivity contribution is 7.92. The third-order valence-electron chi connectivity index (χ3n) is 2.06. The topological polar surface area (TPSA) is 129 Å². The van der Waals surface area contributed by atoms with Gasteiger partial charge in [-0.05, 0) is 36.4 Å². The molecule has 2 rings (SSSR count). The number of sulfonamides is 1. The van der Waals surface area contributed by atoms with E-state index in [4.69, 9.17) is 17.3 Å². The minimum atomic E-state index is -3.69. The normalized spacial score (nSPS) is 10.6. The van der Waals surface area contributed by atoms with Crippen LogP contribution in [0.15, 0.2) is 41.3 Å². The highest BCUT2D eigenvalue weighted by atomic mass is 35.5. The molecule has 19 heavy (non-hydrogen) atoms. The monoisotopic (exact) mass is 302 g/mol. The van der Waals surface area contributed by atoms with E-state index in [1.165, 1.54) is 36.4 Å². The smallest absolute Gasteiger partial charge is 0.263 e. The summed E-state index contributed by atoms with van der Waals surface area (Å²) >= 11 is 5.55. The summed E-state index contributed by atoms with van der Waals surface area (Å²) < 4.78 is 26.2. The molecule has 9 heteroatoms. The third-order valence-corrected chi connectivity index (χ3v) is 3.63. The minimum Gasteiger partial charge on any atom is -0.412 e. The molecule has 2 aromatic rings. The van der Waals surface area contributed by atoms with Crippen molar-refractivity contribution < 1.29 is 13.9 Å². The Morgan fingerprint density at radius 1 is 1.05 bits per heavy atom. The molecular weight excluding hydrogens is 292 g/mol. The van der Waals surface area contributed by atoms with E-state index in [-0.39, 0.29) is 21.3 Å². The van der Waals surface area contributed by atoms with Gasteiger partial charge in [-0.3, -0.25) is 4.72 Å². The Balaban J connectivity index is 0.00000180. The molecule has 0 aliphatic carbocycles. The molecule has 1 aromatic heterocycles. The molecule has 1 heterocycles. The molecule has 0 atom stereocenters. The number of halogens is 1. The van der Waals surface area contributed by atoms with Crippen LogP contribution < -0.4 is 10.5 Å². The summed E-state index contributed by atoms with van der Waals surface area (Å²) in [7, 11) is -3.69. The van der Waals surface area contributed by atoms with Gasteiger partial charge in [-0.1, -0.05) is 11.6 Å². The Kier molecular flexibility index (Phi) is 4.65. The van der Waals surface area contributed by atoms with Crippen LogP contribution in [-0.4, -0.2) is 24.1 Å². The van der Waals surface area contributed by atoms with Crippen LogP contribution in [0.3, 0.4) is 0 Å². The van der Waals surface area contributed by atoms with E-state index in [0.717, 1.165) is 0 Å². The average Bonchev–Trinajstić information content (AvgIpc) is 2.32. The maximum absolute atomic E-state index is 11.9. The number of hydrogen-bond acceptors (Lipinski definition) is 5. The van der Waals surface area contributed by atoms with Gasteiger partial charge in [0, 0.05) is 5.69 Å². The van der Waals surface area contributed by atoms with Crippen molar-refractivity contribution in [1.82, 2.24) is 10.2 Å². The van der Waals surface area contributed by atoms with Gasteiger partial charge in [-0.25, -0.2) is 8.42 Å². The van der Waals surface area contributed by atoms with Gasteiger partial charge in [0.15, 0.2) is 11.0 Å². The number of nitrogens with two attached hydrogens (primary N) is 1. The van der Waals surface area contributed by atoms with Crippen molar-refractivity contribution in [3.05, 3.63) is 41.6 Å². The van der Waals surface area contributed by atoms with E-state index >= 15 is 0 Å². The molecule has 0 saturated heterocycles. The van der Waals surface area contributed by atoms with E-state index in [2.05, 4.69) is 14.9 Å². The number of nitrogens with one attached hydrogen (secondary N) is 1. The van der Waals surface area contributed by atoms with Crippen molar-refractivity contribution in [3.63, 3.8) is 0 Å². The lowest BCUT2D eigenvalue weighted by molar-refractivity contribution is 0.601. The van der Waals surface area contributed by atoms with Crippen molar-refractivity contribution in [3.8, 4) is 0 Å². The zero-order valence-corrected chi connectivity index (χ0v) is 11.1. The van der Waals surface area contributed by atoms with Crippen molar-refractivity contribution in [2.75, 3.05) is 10.5 Å². The predicted octanol–water partition coefficient (Wildman–Crippen LogP) is 0.688. The lowest BCUT2D eigenvalue weighted by Gasteiger charge is -2.06. The van der Waals surface area contributed by atoms with E-state index in [0.29, 0.717) is 5.69 Å². The van der Waals surface area contributed by atoms with E-state index in [1.54, 1.807) is 0 Å². The highest BCUT2D eigenvalue weighted by Gasteiger charge is 2.14. The van der Waals surface area contributed by atoms with E-state index in [9.17, 15) is 8.42 Å². The number of benzene rings is 1. The van der Waals surface area contributed by atoms with Crippen LogP contribution in [0.5, 0.6) is 0 Å². The summed E-state index contributed by atoms with van der Waals surface area (Å²) in [5, 5.41) is 7.33. The van der Waals surface area contributed by atoms with Crippen molar-refractivity contribution >= 4 is 33.1 Å². The Hall–Kier alpha value is -1.90. The molecule has 0 bridgehead atoms. The Morgan fingerprint density at radius 3 is 2.21 bits per heavy atom. The molecular formula is C10H11ClN4O3S. The molecule has 0 amide bonds. The summed E-state index contributed by atoms with van der Waals surface area (Å²) in [6.07, 6.45) is 0. The summed E-state index contributed by atoms with van der Waals surface area (Å²) in [6, 6.07) is 8.67. The summed E-state index contributed by atoms with van der Waals surface area (Å²) in [4.78, 5) is 0.0912. The van der Waals surface area contributed by atoms with Crippen molar-refractivity contribution in [1.29, 1.82) is 0 Å². The maximum Gasteiger partial charge on any atom is 0.263 e. The number of nitrogen functional groups attached to an aromatic ring is 1. The fraction of sp³-hybridized carbons (Fsp3) is 0. The highest BCUT2D eigenvalue weighted by Crippen LogP contribution is 2.15. The van der Waals surface area contributed by atoms with Crippen LogP contribution in [0.4, 0.5) is 11.5 Å². The minimum absolute atomic E-state index is 0. The van der Waals surface area contributed by atoms with Crippen LogP contribution in [0.1, 0.15) is 0 Å². The average molecular weight is 303 g/mol. The largest absolute Gasteiger partial charge is 0.412 e. The molecule has 0 aliphatic heterocycles. The van der Waals surface area contributed by atoms with Crippen LogP contribution in [0.2, 0.25) is 5.15 Å². The van der Waals surface area contributed by atoms with Gasteiger partial charge >= 0.3 is 0 Å². The first kappa shape index (κ1) is 15.2. The molecule has 102 valence electrons. The van der Waals surface area contributed by atoms with Crippen molar-refractivity contribution in [2.45, 2.75) is 4.90 Å². The fourth-order valence-electron chi connectivity index (χ4n) is 1.21. The van der Waals surface area contributed by atoms with E-state index < -0.39 is 10.0 Å². The van der Waals surface area contributed by atoms with Gasteiger partial charge in [-0.2, -0.15) is 0 Å². The summed E-state index contributed by atoms with van der Waals surface area (Å²) in [5.74, 6) is 0.0937. The second kappa shape index (κ2) is 5.83. The van der Waals surface area contributed by atoms with Gasteiger partial charge in [0.2, 0.25) is 0 Å². The quantitative estimate of drug-likeness (QED) is 0.806. The molecule has 5 N–H and O–H groups in total. The number of nitrogens with zero attached hydrogens (tertiary/aromatic N) is 2. The van der Waals surface area contributed by atoms with Crippen LogP contribution >= 0.6 is 11.6 Å². The zero-order chi connectivity index (χ0) is 13.2. The fourth-order valence-corrected chi connectivity index (χ4v) is 2.31. The van der Waals surface area contributed by atoms with Gasteiger partial charge in [0.05, 0.1) is 4.90 Å². The first-order valence-electron chi connectivity index (χ1n) is 4.85. The first-order valence-corrected chi connectivity index (χ1v) is 6.71. The standard InChI is InChI=1S/C10H9ClN4O2S.H2O/c11-9-5-6-10(14-13-9)15-18(16,17)8-3-1-7(12)2-4-8;/h1-6H,12H2,(H,14,15);1H2. The van der Waals surface area contributed by atoms with Crippen LogP contribution in [0.25, 0.3) is 0 Å². The second-order valence-electron chi connectivity index (χ2n) is 3.42. The lowest BCUT2D eigenvalue weighted by atomic mass is 10.3. The number of rotatable bonds is 3. The second-order valence-corrected chi connectivity index (χ2v) is 5.49. The zero-order valence-electron chi connectivity index (χ0n) is 9.54. The molecule has 0 radical (unpaired) electrons. The van der Waals surface area contributed by atoms with Crippen LogP contribution in [-0.2, 0) is 10.0 Å². The maximum atomic E-state index is 11.9. The van der Waals surface area contributed by atoms with Gasteiger partial charge in [-0.15, -0.1) is 10.2 Å². The number of aromatic nitrogens is 2. The SMILES string of the molecule is Nc1ccc(S(=O)(=O)Nc2ccc(Cl)nn2)cc1.O. The molecule has 1 aromatic carbocycles. The molecule has 0 unspecified atom stereocenters. The predicted molar refractivity (Wildman–Crippen MR) is 72.3 cm³/mol. The first-order chi connectivity index (χ1) is 8.47. The molecule has 7 nitrogen and oxygen atoms in total. The molecule has 0 aliphatic rings. The number of anilines is 2. The molecule has 0 fully saturated rings.